The molecule has 1 fully saturated rings. The van der Waals surface area contributed by atoms with Crippen molar-refractivity contribution >= 4 is 11.7 Å². The zero-order valence-corrected chi connectivity index (χ0v) is 13.6. The van der Waals surface area contributed by atoms with Crippen LogP contribution in [0.25, 0.3) is 0 Å². The van der Waals surface area contributed by atoms with Gasteiger partial charge in [-0.2, -0.15) is 0 Å². The summed E-state index contributed by atoms with van der Waals surface area (Å²) < 4.78 is 13.0. The Hall–Kier alpha value is -2.63. The molecule has 3 rings (SSSR count). The fourth-order valence-corrected chi connectivity index (χ4v) is 2.88. The first-order chi connectivity index (χ1) is 11.6. The Morgan fingerprint density at radius 1 is 1.33 bits per heavy atom. The van der Waals surface area contributed by atoms with Crippen LogP contribution in [-0.2, 0) is 6.54 Å². The number of nitrogens with one attached hydrogen (secondary N) is 2. The van der Waals surface area contributed by atoms with Gasteiger partial charge in [-0.25, -0.2) is 9.18 Å². The number of benzene rings is 1. The van der Waals surface area contributed by atoms with Gasteiger partial charge in [0.05, 0.1) is 0 Å². The summed E-state index contributed by atoms with van der Waals surface area (Å²) in [5, 5.41) is 5.86. The number of aryl methyl sites for hydroxylation is 1. The third-order valence-corrected chi connectivity index (χ3v) is 4.27. The van der Waals surface area contributed by atoms with Crippen molar-refractivity contribution < 1.29 is 9.18 Å². The first kappa shape index (κ1) is 16.2. The van der Waals surface area contributed by atoms with Gasteiger partial charge in [-0.1, -0.05) is 6.07 Å². The number of rotatable bonds is 4. The van der Waals surface area contributed by atoms with Crippen LogP contribution in [0, 0.1) is 12.7 Å². The summed E-state index contributed by atoms with van der Waals surface area (Å²) in [4.78, 5) is 18.4. The number of urea groups is 1. The predicted molar refractivity (Wildman–Crippen MR) is 91.4 cm³/mol. The van der Waals surface area contributed by atoms with E-state index in [-0.39, 0.29) is 17.9 Å². The molecule has 1 aromatic heterocycles. The molecule has 6 heteroatoms. The van der Waals surface area contributed by atoms with Crippen molar-refractivity contribution in [1.29, 1.82) is 0 Å². The molecule has 2 aromatic rings. The lowest BCUT2D eigenvalue weighted by atomic mass is 10.2. The Morgan fingerprint density at radius 2 is 2.12 bits per heavy atom. The van der Waals surface area contributed by atoms with Crippen LogP contribution >= 0.6 is 0 Å². The Labute approximate surface area is 140 Å². The standard InChI is InChI=1S/C18H21FN4O/c1-13-14(3-2-9-20-13)11-21-18(24)22-16-8-10-23(12-16)17-6-4-15(19)5-7-17/h2-7,9,16H,8,10-12H2,1H3,(H2,21,22,24). The highest BCUT2D eigenvalue weighted by molar-refractivity contribution is 5.74. The lowest BCUT2D eigenvalue weighted by molar-refractivity contribution is 0.237. The molecule has 2 heterocycles. The van der Waals surface area contributed by atoms with E-state index in [2.05, 4.69) is 20.5 Å². The number of nitrogens with zero attached hydrogens (tertiary/aromatic N) is 2. The number of amides is 2. The lowest BCUT2D eigenvalue weighted by Crippen LogP contribution is -2.43. The van der Waals surface area contributed by atoms with Crippen LogP contribution in [-0.4, -0.2) is 30.1 Å². The van der Waals surface area contributed by atoms with Crippen LogP contribution in [0.15, 0.2) is 42.6 Å². The Kier molecular flexibility index (Phi) is 4.93. The Balaban J connectivity index is 1.47. The number of anilines is 1. The first-order valence-corrected chi connectivity index (χ1v) is 8.07. The summed E-state index contributed by atoms with van der Waals surface area (Å²) in [6.07, 6.45) is 2.61. The fraction of sp³-hybridized carbons (Fsp3) is 0.333. The van der Waals surface area contributed by atoms with E-state index in [1.54, 1.807) is 18.3 Å². The number of hydrogen-bond donors (Lipinski definition) is 2. The van der Waals surface area contributed by atoms with Gasteiger partial charge < -0.3 is 15.5 Å². The van der Waals surface area contributed by atoms with Crippen molar-refractivity contribution in [1.82, 2.24) is 15.6 Å². The number of hydrogen-bond acceptors (Lipinski definition) is 3. The minimum atomic E-state index is -0.238. The minimum absolute atomic E-state index is 0.0880. The molecule has 0 radical (unpaired) electrons. The second kappa shape index (κ2) is 7.29. The maximum atomic E-state index is 13.0. The third-order valence-electron chi connectivity index (χ3n) is 4.27. The van der Waals surface area contributed by atoms with Crippen molar-refractivity contribution in [3.8, 4) is 0 Å². The highest BCUT2D eigenvalue weighted by Gasteiger charge is 2.24. The monoisotopic (exact) mass is 328 g/mol. The largest absolute Gasteiger partial charge is 0.369 e. The fourth-order valence-electron chi connectivity index (χ4n) is 2.88. The van der Waals surface area contributed by atoms with Crippen LogP contribution in [0.2, 0.25) is 0 Å². The molecule has 0 bridgehead atoms. The van der Waals surface area contributed by atoms with Crippen molar-refractivity contribution in [2.75, 3.05) is 18.0 Å². The molecule has 1 saturated heterocycles. The quantitative estimate of drug-likeness (QED) is 0.907. The summed E-state index contributed by atoms with van der Waals surface area (Å²) in [5.74, 6) is -0.238. The van der Waals surface area contributed by atoms with Crippen molar-refractivity contribution in [3.05, 3.63) is 59.7 Å². The first-order valence-electron chi connectivity index (χ1n) is 8.07. The molecule has 1 aliphatic heterocycles. The van der Waals surface area contributed by atoms with E-state index in [4.69, 9.17) is 0 Å². The maximum absolute atomic E-state index is 13.0. The number of carbonyl (C=O) groups excluding carboxylic acids is 1. The van der Waals surface area contributed by atoms with Crippen molar-refractivity contribution in [2.45, 2.75) is 25.9 Å². The van der Waals surface area contributed by atoms with Gasteiger partial charge in [0, 0.05) is 43.3 Å². The highest BCUT2D eigenvalue weighted by atomic mass is 19.1. The average molecular weight is 328 g/mol. The van der Waals surface area contributed by atoms with Crippen molar-refractivity contribution in [3.63, 3.8) is 0 Å². The zero-order chi connectivity index (χ0) is 16.9. The second-order valence-electron chi connectivity index (χ2n) is 5.98. The summed E-state index contributed by atoms with van der Waals surface area (Å²) in [7, 11) is 0. The van der Waals surface area contributed by atoms with E-state index in [1.807, 2.05) is 19.1 Å². The number of pyridine rings is 1. The molecule has 126 valence electrons. The van der Waals surface area contributed by atoms with E-state index in [9.17, 15) is 9.18 Å². The topological polar surface area (TPSA) is 57.3 Å². The second-order valence-corrected chi connectivity index (χ2v) is 5.98. The van der Waals surface area contributed by atoms with Gasteiger partial charge in [0.1, 0.15) is 5.82 Å². The van der Waals surface area contributed by atoms with E-state index in [0.717, 1.165) is 36.5 Å². The molecular formula is C18H21FN4O. The predicted octanol–water partition coefficient (Wildman–Crippen LogP) is 2.61. The number of carbonyl (C=O) groups is 1. The number of aromatic nitrogens is 1. The lowest BCUT2D eigenvalue weighted by Gasteiger charge is -2.19. The van der Waals surface area contributed by atoms with Crippen LogP contribution < -0.4 is 15.5 Å². The van der Waals surface area contributed by atoms with Gasteiger partial charge in [-0.05, 0) is 49.2 Å². The molecule has 0 spiro atoms. The molecule has 1 unspecified atom stereocenters. The van der Waals surface area contributed by atoms with Crippen LogP contribution in [0.1, 0.15) is 17.7 Å². The van der Waals surface area contributed by atoms with E-state index < -0.39 is 0 Å². The van der Waals surface area contributed by atoms with Gasteiger partial charge in [0.2, 0.25) is 0 Å². The van der Waals surface area contributed by atoms with E-state index >= 15 is 0 Å². The molecule has 0 aliphatic carbocycles. The molecule has 2 amide bonds. The molecule has 5 nitrogen and oxygen atoms in total. The Morgan fingerprint density at radius 3 is 2.88 bits per heavy atom. The Bertz CT molecular complexity index is 704. The van der Waals surface area contributed by atoms with Gasteiger partial charge in [0.15, 0.2) is 0 Å². The van der Waals surface area contributed by atoms with Crippen LogP contribution in [0.3, 0.4) is 0 Å². The molecule has 1 aliphatic rings. The zero-order valence-electron chi connectivity index (χ0n) is 13.6. The smallest absolute Gasteiger partial charge is 0.315 e. The molecule has 24 heavy (non-hydrogen) atoms. The molecular weight excluding hydrogens is 307 g/mol. The molecule has 0 saturated carbocycles. The van der Waals surface area contributed by atoms with Gasteiger partial charge >= 0.3 is 6.03 Å². The van der Waals surface area contributed by atoms with Crippen LogP contribution in [0.5, 0.6) is 0 Å². The highest BCUT2D eigenvalue weighted by Crippen LogP contribution is 2.20. The normalized spacial score (nSPS) is 16.9. The molecule has 2 N–H and O–H groups in total. The molecule has 1 aromatic carbocycles. The SMILES string of the molecule is Cc1ncccc1CNC(=O)NC1CCN(c2ccc(F)cc2)C1. The number of halogens is 1. The summed E-state index contributed by atoms with van der Waals surface area (Å²) >= 11 is 0. The van der Waals surface area contributed by atoms with Gasteiger partial charge in [-0.15, -0.1) is 0 Å². The van der Waals surface area contributed by atoms with Gasteiger partial charge in [0.25, 0.3) is 0 Å². The summed E-state index contributed by atoms with van der Waals surface area (Å²) in [6, 6.07) is 10.2. The maximum Gasteiger partial charge on any atom is 0.315 e. The van der Waals surface area contributed by atoms with Crippen LogP contribution in [0.4, 0.5) is 14.9 Å². The van der Waals surface area contributed by atoms with E-state index in [0.29, 0.717) is 6.54 Å². The third kappa shape index (κ3) is 4.01. The molecule has 1 atom stereocenters. The van der Waals surface area contributed by atoms with E-state index in [1.165, 1.54) is 12.1 Å². The minimum Gasteiger partial charge on any atom is -0.369 e. The summed E-state index contributed by atoms with van der Waals surface area (Å²) in [5.41, 5.74) is 2.90. The van der Waals surface area contributed by atoms with Crippen molar-refractivity contribution in [2.24, 2.45) is 0 Å². The average Bonchev–Trinajstić information content (AvgIpc) is 3.03. The van der Waals surface area contributed by atoms with Gasteiger partial charge in [-0.3, -0.25) is 4.98 Å². The summed E-state index contributed by atoms with van der Waals surface area (Å²) in [6.45, 7) is 3.95.